The van der Waals surface area contributed by atoms with Gasteiger partial charge in [-0.2, -0.15) is 0 Å². The molecule has 0 aromatic carbocycles. The van der Waals surface area contributed by atoms with Crippen LogP contribution in [0.2, 0.25) is 0 Å². The molecule has 0 N–H and O–H groups in total. The number of quaternary nitrogens is 1. The van der Waals surface area contributed by atoms with Gasteiger partial charge in [0.1, 0.15) is 0 Å². The van der Waals surface area contributed by atoms with Gasteiger partial charge in [0, 0.05) is 12.8 Å². The lowest BCUT2D eigenvalue weighted by Crippen LogP contribution is -2.53. The number of nitrogens with zero attached hydrogens (tertiary/aromatic N) is 1. The highest BCUT2D eigenvalue weighted by molar-refractivity contribution is 7.32. The first kappa shape index (κ1) is 29.6. The van der Waals surface area contributed by atoms with Crippen molar-refractivity contribution >= 4 is 7.68 Å². The van der Waals surface area contributed by atoms with Crippen LogP contribution in [0, 0.1) is 0 Å². The van der Waals surface area contributed by atoms with Crippen LogP contribution in [-0.4, -0.2) is 30.9 Å². The van der Waals surface area contributed by atoms with Crippen molar-refractivity contribution in [2.24, 2.45) is 0 Å². The first-order chi connectivity index (χ1) is 14.3. The maximum Gasteiger partial charge on any atom is 0.378 e. The van der Waals surface area contributed by atoms with Gasteiger partial charge in [-0.15, -0.1) is 0 Å². The number of hydrogen-bond acceptors (Lipinski definition) is 2. The second-order valence-corrected chi connectivity index (χ2v) is 11.3. The van der Waals surface area contributed by atoms with Gasteiger partial charge in [0.25, 0.3) is 0 Å². The summed E-state index contributed by atoms with van der Waals surface area (Å²) in [5.41, 5.74) is 0. The summed E-state index contributed by atoms with van der Waals surface area (Å²) >= 11 is 0. The molecule has 178 valence electrons. The summed E-state index contributed by atoms with van der Waals surface area (Å²) < 4.78 is 24.4. The smallest absolute Gasteiger partial charge is 0.314 e. The Kier molecular flexibility index (Phi) is 18.0. The summed E-state index contributed by atoms with van der Waals surface area (Å²) in [6.07, 6.45) is 27.1. The lowest BCUT2D eigenvalue weighted by Gasteiger charge is -2.40. The van der Waals surface area contributed by atoms with Gasteiger partial charge in [0.2, 0.25) is 5.28 Å². The zero-order chi connectivity index (χ0) is 22.7. The highest BCUT2D eigenvalue weighted by Crippen LogP contribution is 2.43. The first-order valence-electron chi connectivity index (χ1n) is 12.9. The van der Waals surface area contributed by atoms with Crippen LogP contribution in [0.15, 0.2) is 12.2 Å². The van der Waals surface area contributed by atoms with Gasteiger partial charge in [-0.05, 0) is 32.1 Å². The van der Waals surface area contributed by atoms with Crippen molar-refractivity contribution in [3.63, 3.8) is 0 Å². The van der Waals surface area contributed by atoms with Gasteiger partial charge >= 0.3 is 7.68 Å². The molecule has 0 amide bonds. The topological polar surface area (TPSA) is 34.1 Å². The van der Waals surface area contributed by atoms with E-state index in [0.29, 0.717) is 10.9 Å². The summed E-state index contributed by atoms with van der Waals surface area (Å²) in [5.74, 6) is 0. The number of unbranched alkanes of at least 4 members (excludes halogenated alkanes) is 14. The van der Waals surface area contributed by atoms with E-state index < -0.39 is 13.0 Å². The molecular formula is C26H53NO2P+. The van der Waals surface area contributed by atoms with E-state index in [1.165, 1.54) is 89.9 Å². The van der Waals surface area contributed by atoms with E-state index in [0.717, 1.165) is 19.3 Å². The van der Waals surface area contributed by atoms with E-state index in [1.807, 2.05) is 28.1 Å². The minimum Gasteiger partial charge on any atom is -0.314 e. The summed E-state index contributed by atoms with van der Waals surface area (Å²) in [5, 5.41) is -0.598. The molecule has 0 spiro atoms. The molecule has 0 aromatic rings. The molecule has 0 fully saturated rings. The minimum atomic E-state index is -2.41. The molecule has 4 heteroatoms. The first-order valence-corrected chi connectivity index (χ1v) is 14.1. The fourth-order valence-corrected chi connectivity index (χ4v) is 5.55. The van der Waals surface area contributed by atoms with Gasteiger partial charge in [0.15, 0.2) is 0 Å². The normalized spacial score (nSPS) is 14.3. The summed E-state index contributed by atoms with van der Waals surface area (Å²) in [4.78, 5) is 0. The predicted octanol–water partition coefficient (Wildman–Crippen LogP) is 9.18. The van der Waals surface area contributed by atoms with Gasteiger partial charge in [-0.3, -0.25) is 0 Å². The minimum absolute atomic E-state index is 0.510. The molecule has 0 aliphatic carbocycles. The van der Waals surface area contributed by atoms with E-state index in [-0.39, 0.29) is 0 Å². The maximum absolute atomic E-state index is 11.9. The van der Waals surface area contributed by atoms with Crippen LogP contribution < -0.4 is 0 Å². The van der Waals surface area contributed by atoms with Crippen molar-refractivity contribution in [3.8, 4) is 0 Å². The molecule has 1 atom stereocenters. The summed E-state index contributed by atoms with van der Waals surface area (Å²) in [7, 11) is 3.62. The van der Waals surface area contributed by atoms with Crippen LogP contribution >= 0.6 is 7.68 Å². The highest BCUT2D eigenvalue weighted by Gasteiger charge is 2.46. The molecule has 0 radical (unpaired) electrons. The molecular weight excluding hydrogens is 389 g/mol. The Morgan fingerprint density at radius 1 is 0.633 bits per heavy atom. The molecule has 0 saturated heterocycles. The average Bonchev–Trinajstić information content (AvgIpc) is 2.68. The third kappa shape index (κ3) is 13.1. The third-order valence-corrected chi connectivity index (χ3v) is 8.56. The van der Waals surface area contributed by atoms with Crippen LogP contribution in [0.3, 0.4) is 0 Å². The van der Waals surface area contributed by atoms with Crippen LogP contribution in [0.25, 0.3) is 0 Å². The Bertz CT molecular complexity index is 486. The van der Waals surface area contributed by atoms with E-state index in [1.54, 1.807) is 0 Å². The van der Waals surface area contributed by atoms with E-state index in [4.69, 9.17) is 0 Å². The SMILES string of the molecule is CCCCCCCC=CCCCCCCCCCCCC(CC)(P(=O)=O)[N+](C)(C)C. The van der Waals surface area contributed by atoms with E-state index in [9.17, 15) is 9.13 Å². The quantitative estimate of drug-likeness (QED) is 0.0768. The van der Waals surface area contributed by atoms with E-state index >= 15 is 0 Å². The van der Waals surface area contributed by atoms with Crippen molar-refractivity contribution in [2.75, 3.05) is 21.1 Å². The highest BCUT2D eigenvalue weighted by atomic mass is 31.1. The maximum atomic E-state index is 11.9. The van der Waals surface area contributed by atoms with Gasteiger partial charge in [-0.25, -0.2) is 9.13 Å². The number of hydrogen-bond donors (Lipinski definition) is 0. The molecule has 0 bridgehead atoms. The summed E-state index contributed by atoms with van der Waals surface area (Å²) in [6, 6.07) is 0. The Balaban J connectivity index is 3.58. The predicted molar refractivity (Wildman–Crippen MR) is 133 cm³/mol. The molecule has 30 heavy (non-hydrogen) atoms. The molecule has 0 rings (SSSR count). The van der Waals surface area contributed by atoms with Crippen LogP contribution in [0.1, 0.15) is 129 Å². The molecule has 0 aromatic heterocycles. The Labute approximate surface area is 189 Å². The second-order valence-electron chi connectivity index (χ2n) is 10.0. The molecule has 0 heterocycles. The molecule has 3 nitrogen and oxygen atoms in total. The monoisotopic (exact) mass is 442 g/mol. The van der Waals surface area contributed by atoms with Crippen molar-refractivity contribution in [3.05, 3.63) is 12.2 Å². The van der Waals surface area contributed by atoms with Crippen LogP contribution in [-0.2, 0) is 9.13 Å². The standard InChI is InChI=1S/C26H53NO2P/c1-6-8-9-10-11-12-13-14-15-16-17-18-19-20-21-22-23-24-25-26(7-2,30(28)29)27(3,4)5/h13-14H,6-12,15-25H2,1-5H3/q+1. The Morgan fingerprint density at radius 3 is 1.40 bits per heavy atom. The number of allylic oxidation sites excluding steroid dienone is 2. The molecule has 0 saturated carbocycles. The third-order valence-electron chi connectivity index (χ3n) is 6.74. The second kappa shape index (κ2) is 18.2. The van der Waals surface area contributed by atoms with Crippen LogP contribution in [0.5, 0.6) is 0 Å². The van der Waals surface area contributed by atoms with Crippen molar-refractivity contribution in [2.45, 2.75) is 135 Å². The molecule has 0 aliphatic heterocycles. The van der Waals surface area contributed by atoms with Crippen molar-refractivity contribution in [1.29, 1.82) is 0 Å². The van der Waals surface area contributed by atoms with Crippen molar-refractivity contribution < 1.29 is 13.6 Å². The van der Waals surface area contributed by atoms with Gasteiger partial charge in [0.05, 0.1) is 21.1 Å². The lowest BCUT2D eigenvalue weighted by molar-refractivity contribution is -0.908. The van der Waals surface area contributed by atoms with Crippen LogP contribution in [0.4, 0.5) is 0 Å². The Hall–Kier alpha value is -0.400. The number of rotatable bonds is 21. The van der Waals surface area contributed by atoms with Gasteiger partial charge < -0.3 is 4.48 Å². The molecule has 0 aliphatic rings. The van der Waals surface area contributed by atoms with Crippen molar-refractivity contribution in [1.82, 2.24) is 0 Å². The zero-order valence-electron chi connectivity index (χ0n) is 21.1. The van der Waals surface area contributed by atoms with E-state index in [2.05, 4.69) is 19.1 Å². The fraction of sp³-hybridized carbons (Fsp3) is 0.923. The molecule has 1 unspecified atom stereocenters. The summed E-state index contributed by atoms with van der Waals surface area (Å²) in [6.45, 7) is 4.28. The average molecular weight is 443 g/mol. The zero-order valence-corrected chi connectivity index (χ0v) is 22.0. The van der Waals surface area contributed by atoms with Gasteiger partial charge in [-0.1, -0.05) is 96.6 Å². The largest absolute Gasteiger partial charge is 0.378 e. The Morgan fingerprint density at radius 2 is 1.03 bits per heavy atom. The fourth-order valence-electron chi connectivity index (χ4n) is 4.46. The lowest BCUT2D eigenvalue weighted by atomic mass is 10.0.